The third-order valence-electron chi connectivity index (χ3n) is 3.90. The quantitative estimate of drug-likeness (QED) is 0.594. The average Bonchev–Trinajstić information content (AvgIpc) is 2.11. The normalized spacial score (nSPS) is 52.1. The average molecular weight is 213 g/mol. The summed E-state index contributed by atoms with van der Waals surface area (Å²) in [6.45, 7) is 7.17. The van der Waals surface area contributed by atoms with Gasteiger partial charge in [-0.1, -0.05) is 0 Å². The largest absolute Gasteiger partial charge is 0.477 e. The van der Waals surface area contributed by atoms with Crippen LogP contribution >= 0.6 is 0 Å². The van der Waals surface area contributed by atoms with Gasteiger partial charge in [0.15, 0.2) is 6.54 Å². The second-order valence-corrected chi connectivity index (χ2v) is 5.04. The number of quaternary nitrogens is 1. The maximum Gasteiger partial charge on any atom is 0.359 e. The maximum atomic E-state index is 11.0. The Labute approximate surface area is 88.8 Å². The van der Waals surface area contributed by atoms with Crippen LogP contribution in [0, 0.1) is 0 Å². The van der Waals surface area contributed by atoms with Crippen molar-refractivity contribution in [3.63, 3.8) is 0 Å². The van der Waals surface area contributed by atoms with Crippen LogP contribution < -0.4 is 0 Å². The zero-order valence-electron chi connectivity index (χ0n) is 8.96. The zero-order chi connectivity index (χ0) is 10.6. The minimum atomic E-state index is -0.688. The molecule has 0 aromatic rings. The van der Waals surface area contributed by atoms with Crippen LogP contribution in [0.2, 0.25) is 0 Å². The minimum Gasteiger partial charge on any atom is -0.477 e. The van der Waals surface area contributed by atoms with Gasteiger partial charge in [-0.05, 0) is 0 Å². The molecule has 4 heterocycles. The fraction of sp³-hybridized carbons (Fsp3) is 0.889. The van der Waals surface area contributed by atoms with E-state index in [2.05, 4.69) is 21.6 Å². The summed E-state index contributed by atoms with van der Waals surface area (Å²) in [6.07, 6.45) is 0.342. The molecule has 3 atom stereocenters. The number of aliphatic carboxylic acids is 1. The molecular formula is C9H17N4O2+. The van der Waals surface area contributed by atoms with Gasteiger partial charge in [0, 0.05) is 6.92 Å². The molecule has 1 N–H and O–H groups in total. The van der Waals surface area contributed by atoms with Gasteiger partial charge in [-0.15, -0.1) is 0 Å². The fourth-order valence-electron chi connectivity index (χ4n) is 3.27. The van der Waals surface area contributed by atoms with Gasteiger partial charge in [-0.25, -0.2) is 19.5 Å². The van der Waals surface area contributed by atoms with E-state index in [0.717, 1.165) is 33.3 Å². The lowest BCUT2D eigenvalue weighted by molar-refractivity contribution is -0.996. The molecule has 4 aliphatic heterocycles. The lowest BCUT2D eigenvalue weighted by Gasteiger charge is -2.63. The van der Waals surface area contributed by atoms with E-state index in [1.807, 2.05) is 0 Å². The Kier molecular flexibility index (Phi) is 1.85. The van der Waals surface area contributed by atoms with E-state index in [0.29, 0.717) is 10.6 Å². The molecule has 4 rings (SSSR count). The summed E-state index contributed by atoms with van der Waals surface area (Å²) in [4.78, 5) is 18.0. The molecule has 4 aliphatic rings. The Morgan fingerprint density at radius 2 is 1.93 bits per heavy atom. The second-order valence-electron chi connectivity index (χ2n) is 5.04. The predicted octanol–water partition coefficient (Wildman–Crippen LogP) is -1.03. The Morgan fingerprint density at radius 3 is 2.47 bits per heavy atom. The molecule has 6 nitrogen and oxygen atoms in total. The third kappa shape index (κ3) is 1.29. The molecule has 0 saturated carbocycles. The van der Waals surface area contributed by atoms with E-state index in [-0.39, 0.29) is 6.54 Å². The van der Waals surface area contributed by atoms with E-state index >= 15 is 0 Å². The molecule has 84 valence electrons. The summed E-state index contributed by atoms with van der Waals surface area (Å²) in [5.41, 5.74) is 0. The number of carboxylic acid groups (broad SMARTS) is 1. The summed E-state index contributed by atoms with van der Waals surface area (Å²) in [7, 11) is 0. The SMILES string of the molecule is CC1N2CN3CN(C2)C[N+]1(CC(=O)O)C3. The molecule has 4 saturated heterocycles. The summed E-state index contributed by atoms with van der Waals surface area (Å²) in [5, 5.41) is 9.02. The fourth-order valence-corrected chi connectivity index (χ4v) is 3.27. The van der Waals surface area contributed by atoms with Gasteiger partial charge >= 0.3 is 5.97 Å². The van der Waals surface area contributed by atoms with Crippen molar-refractivity contribution in [3.8, 4) is 0 Å². The Bertz CT molecular complexity index is 294. The Balaban J connectivity index is 1.90. The smallest absolute Gasteiger partial charge is 0.359 e. The molecule has 0 spiro atoms. The number of nitrogens with zero attached hydrogens (tertiary/aromatic N) is 4. The van der Waals surface area contributed by atoms with Crippen LogP contribution in [0.5, 0.6) is 0 Å². The lowest BCUT2D eigenvalue weighted by Crippen LogP contribution is -2.83. The topological polar surface area (TPSA) is 47.0 Å². The minimum absolute atomic E-state index is 0.241. The van der Waals surface area contributed by atoms with Gasteiger partial charge in [-0.3, -0.25) is 4.48 Å². The molecule has 0 aliphatic carbocycles. The molecule has 15 heavy (non-hydrogen) atoms. The van der Waals surface area contributed by atoms with Crippen molar-refractivity contribution in [2.75, 3.05) is 39.9 Å². The summed E-state index contributed by atoms with van der Waals surface area (Å²) in [6, 6.07) is 0. The highest BCUT2D eigenvalue weighted by atomic mass is 16.4. The second kappa shape index (κ2) is 2.91. The number of carboxylic acids is 1. The molecular weight excluding hydrogens is 196 g/mol. The van der Waals surface area contributed by atoms with Crippen molar-refractivity contribution in [2.24, 2.45) is 0 Å². The first-order valence-corrected chi connectivity index (χ1v) is 5.35. The predicted molar refractivity (Wildman–Crippen MR) is 52.1 cm³/mol. The summed E-state index contributed by atoms with van der Waals surface area (Å²) in [5.74, 6) is -0.688. The zero-order valence-corrected chi connectivity index (χ0v) is 8.96. The molecule has 3 unspecified atom stereocenters. The van der Waals surface area contributed by atoms with E-state index in [1.165, 1.54) is 0 Å². The van der Waals surface area contributed by atoms with E-state index in [9.17, 15) is 4.79 Å². The highest BCUT2D eigenvalue weighted by Gasteiger charge is 2.54. The van der Waals surface area contributed by atoms with Gasteiger partial charge < -0.3 is 5.11 Å². The van der Waals surface area contributed by atoms with Crippen molar-refractivity contribution in [3.05, 3.63) is 0 Å². The van der Waals surface area contributed by atoms with Crippen LogP contribution in [0.3, 0.4) is 0 Å². The molecule has 0 aromatic carbocycles. The van der Waals surface area contributed by atoms with Crippen LogP contribution in [-0.4, -0.2) is 76.3 Å². The van der Waals surface area contributed by atoms with Gasteiger partial charge in [0.2, 0.25) is 0 Å². The van der Waals surface area contributed by atoms with Crippen LogP contribution in [-0.2, 0) is 4.79 Å². The van der Waals surface area contributed by atoms with Gasteiger partial charge in [0.25, 0.3) is 0 Å². The van der Waals surface area contributed by atoms with Gasteiger partial charge in [-0.2, -0.15) is 0 Å². The lowest BCUT2D eigenvalue weighted by atomic mass is 10.2. The molecule has 4 fully saturated rings. The summed E-state index contributed by atoms with van der Waals surface area (Å²) < 4.78 is 0.676. The van der Waals surface area contributed by atoms with Crippen LogP contribution in [0.15, 0.2) is 0 Å². The number of rotatable bonds is 2. The van der Waals surface area contributed by atoms with Crippen molar-refractivity contribution in [1.82, 2.24) is 14.7 Å². The third-order valence-corrected chi connectivity index (χ3v) is 3.90. The van der Waals surface area contributed by atoms with Gasteiger partial charge in [0.1, 0.15) is 19.5 Å². The summed E-state index contributed by atoms with van der Waals surface area (Å²) >= 11 is 0. The number of carbonyl (C=O) groups is 1. The van der Waals surface area contributed by atoms with Gasteiger partial charge in [0.05, 0.1) is 20.0 Å². The Hall–Kier alpha value is -0.690. The van der Waals surface area contributed by atoms with Crippen LogP contribution in [0.4, 0.5) is 0 Å². The van der Waals surface area contributed by atoms with E-state index in [1.54, 1.807) is 0 Å². The van der Waals surface area contributed by atoms with Crippen LogP contribution in [0.25, 0.3) is 0 Å². The van der Waals surface area contributed by atoms with Crippen molar-refractivity contribution < 1.29 is 14.4 Å². The van der Waals surface area contributed by atoms with Crippen molar-refractivity contribution >= 4 is 5.97 Å². The molecule has 0 aromatic heterocycles. The van der Waals surface area contributed by atoms with Crippen molar-refractivity contribution in [1.29, 1.82) is 0 Å². The molecule has 6 heteroatoms. The highest BCUT2D eigenvalue weighted by Crippen LogP contribution is 2.33. The first kappa shape index (κ1) is 9.53. The maximum absolute atomic E-state index is 11.0. The van der Waals surface area contributed by atoms with Crippen molar-refractivity contribution in [2.45, 2.75) is 13.1 Å². The number of hydrogen-bond acceptors (Lipinski definition) is 4. The molecule has 0 radical (unpaired) electrons. The van der Waals surface area contributed by atoms with E-state index in [4.69, 9.17) is 5.11 Å². The van der Waals surface area contributed by atoms with E-state index < -0.39 is 5.97 Å². The molecule has 4 bridgehead atoms. The van der Waals surface area contributed by atoms with Crippen LogP contribution in [0.1, 0.15) is 6.92 Å². The first-order valence-electron chi connectivity index (χ1n) is 5.35. The Morgan fingerprint density at radius 1 is 1.33 bits per heavy atom. The number of hydrogen-bond donors (Lipinski definition) is 1. The molecule has 0 amide bonds. The monoisotopic (exact) mass is 213 g/mol. The first-order chi connectivity index (χ1) is 7.09. The highest BCUT2D eigenvalue weighted by molar-refractivity contribution is 5.68. The standard InChI is InChI=1S/C9H16N4O2/c1-8-12-4-10-3-11(5-12)7-13(8,6-10)2-9(14)15/h8H,2-7H2,1H3/p+1.